The lowest BCUT2D eigenvalue weighted by molar-refractivity contribution is -0.303. The molecule has 2 heterocycles. The van der Waals surface area contributed by atoms with Crippen LogP contribution in [0, 0.1) is 0 Å². The van der Waals surface area contributed by atoms with Crippen LogP contribution in [0.4, 0.5) is 0 Å². The molecule has 0 spiro atoms. The van der Waals surface area contributed by atoms with Gasteiger partial charge in [-0.1, -0.05) is 0 Å². The van der Waals surface area contributed by atoms with Gasteiger partial charge in [0.2, 0.25) is 5.72 Å². The minimum Gasteiger partial charge on any atom is -0.865 e. The number of nitrogens with one attached hydrogen (secondary N) is 1. The van der Waals surface area contributed by atoms with Crippen LogP contribution < -0.4 is 16.2 Å². The van der Waals surface area contributed by atoms with Crippen molar-refractivity contribution in [3.8, 4) is 0 Å². The number of ether oxygens (including phenoxy) is 1. The fraction of sp³-hybridized carbons (Fsp3) is 0.636. The first-order valence-corrected chi connectivity index (χ1v) is 5.97. The van der Waals surface area contributed by atoms with Crippen molar-refractivity contribution < 1.29 is 34.8 Å². The second kappa shape index (κ2) is 6.07. The Hall–Kier alpha value is -1.84. The monoisotopic (exact) mass is 289 g/mol. The number of carboxylic acid groups (broad SMARTS) is 1. The summed E-state index contributed by atoms with van der Waals surface area (Å²) in [6, 6.07) is -0.269. The van der Waals surface area contributed by atoms with Crippen molar-refractivity contribution in [1.82, 2.24) is 5.32 Å². The minimum atomic E-state index is -2.08. The Bertz CT molecular complexity index is 428. The maximum atomic E-state index is 10.7. The zero-order valence-corrected chi connectivity index (χ0v) is 10.8. The van der Waals surface area contributed by atoms with Crippen LogP contribution in [0.15, 0.2) is 11.5 Å². The third-order valence-corrected chi connectivity index (χ3v) is 3.01. The maximum Gasteiger partial charge on any atom is 0.328 e. The van der Waals surface area contributed by atoms with Crippen LogP contribution >= 0.6 is 0 Å². The maximum absolute atomic E-state index is 10.7. The number of nitrogens with two attached hydrogens (primary N) is 1. The summed E-state index contributed by atoms with van der Waals surface area (Å²) in [4.78, 5) is 20.7. The molecule has 2 aliphatic heterocycles. The number of aliphatic hydroxyl groups excluding tert-OH is 2. The molecular weight excluding hydrogens is 272 g/mol. The van der Waals surface area contributed by atoms with E-state index in [0.29, 0.717) is 0 Å². The van der Waals surface area contributed by atoms with E-state index in [-0.39, 0.29) is 6.04 Å². The van der Waals surface area contributed by atoms with E-state index < -0.39 is 35.3 Å². The highest BCUT2D eigenvalue weighted by Gasteiger charge is 2.45. The summed E-state index contributed by atoms with van der Waals surface area (Å²) in [7, 11) is 0. The van der Waals surface area contributed by atoms with E-state index >= 15 is 0 Å². The number of hydrogen-bond acceptors (Lipinski definition) is 8. The van der Waals surface area contributed by atoms with Gasteiger partial charge in [0.1, 0.15) is 12.1 Å². The molecular formula is C11H17N2O7-. The first-order valence-electron chi connectivity index (χ1n) is 5.97. The predicted molar refractivity (Wildman–Crippen MR) is 63.0 cm³/mol. The number of aliphatic carboxylic acids is 1. The summed E-state index contributed by atoms with van der Waals surface area (Å²) in [6.45, 7) is 2.05. The van der Waals surface area contributed by atoms with Crippen molar-refractivity contribution >= 4 is 11.9 Å². The quantitative estimate of drug-likeness (QED) is 0.346. The van der Waals surface area contributed by atoms with Crippen molar-refractivity contribution in [2.75, 3.05) is 6.54 Å². The van der Waals surface area contributed by atoms with Crippen LogP contribution in [-0.2, 0) is 14.3 Å². The lowest BCUT2D eigenvalue weighted by Gasteiger charge is -2.25. The van der Waals surface area contributed by atoms with E-state index in [9.17, 15) is 14.7 Å². The van der Waals surface area contributed by atoms with Gasteiger partial charge in [-0.25, -0.2) is 4.79 Å². The number of rotatable bonds is 2. The molecule has 0 amide bonds. The Morgan fingerprint density at radius 2 is 2.25 bits per heavy atom. The first-order chi connectivity index (χ1) is 9.20. The van der Waals surface area contributed by atoms with Crippen molar-refractivity contribution in [3.05, 3.63) is 11.5 Å². The molecule has 1 saturated heterocycles. The van der Waals surface area contributed by atoms with Gasteiger partial charge in [-0.15, -0.1) is 0 Å². The first kappa shape index (κ1) is 16.2. The number of aliphatic hydroxyl groups is 2. The Balaban J connectivity index is 0.000000217. The topological polar surface area (TPSA) is 165 Å². The SMILES string of the molecule is C[C@H](O)[C@@]1(N)OC(=O)C([O-])=C1O.O=C(O)[C@@H]1CCCN1. The molecule has 9 heteroatoms. The lowest BCUT2D eigenvalue weighted by Crippen LogP contribution is -2.51. The molecule has 3 atom stereocenters. The normalized spacial score (nSPS) is 30.6. The zero-order chi connectivity index (χ0) is 15.5. The average Bonchev–Trinajstić information content (AvgIpc) is 2.96. The van der Waals surface area contributed by atoms with E-state index in [4.69, 9.17) is 21.1 Å². The molecule has 114 valence electrons. The molecule has 1 fully saturated rings. The lowest BCUT2D eigenvalue weighted by atomic mass is 10.1. The summed E-state index contributed by atoms with van der Waals surface area (Å²) in [5, 5.41) is 39.9. The summed E-state index contributed by atoms with van der Waals surface area (Å²) in [5.41, 5.74) is 3.15. The summed E-state index contributed by atoms with van der Waals surface area (Å²) in [6.07, 6.45) is 0.444. The molecule has 0 aromatic heterocycles. The molecule has 0 aliphatic carbocycles. The van der Waals surface area contributed by atoms with Gasteiger partial charge in [-0.3, -0.25) is 10.5 Å². The van der Waals surface area contributed by atoms with Crippen LogP contribution in [0.3, 0.4) is 0 Å². The fourth-order valence-electron chi connectivity index (χ4n) is 1.70. The third-order valence-electron chi connectivity index (χ3n) is 3.01. The fourth-order valence-corrected chi connectivity index (χ4v) is 1.70. The molecule has 0 aromatic carbocycles. The highest BCUT2D eigenvalue weighted by atomic mass is 16.6. The number of esters is 1. The smallest absolute Gasteiger partial charge is 0.328 e. The zero-order valence-electron chi connectivity index (χ0n) is 10.8. The Morgan fingerprint density at radius 3 is 2.45 bits per heavy atom. The minimum absolute atomic E-state index is 0.269. The van der Waals surface area contributed by atoms with E-state index in [1.54, 1.807) is 0 Å². The van der Waals surface area contributed by atoms with Gasteiger partial charge in [0.05, 0.1) is 0 Å². The molecule has 0 saturated carbocycles. The van der Waals surface area contributed by atoms with E-state index in [2.05, 4.69) is 10.1 Å². The number of carboxylic acids is 1. The molecule has 20 heavy (non-hydrogen) atoms. The largest absolute Gasteiger partial charge is 0.865 e. The van der Waals surface area contributed by atoms with Crippen molar-refractivity contribution in [2.45, 2.75) is 37.6 Å². The van der Waals surface area contributed by atoms with E-state index in [1.807, 2.05) is 0 Å². The average molecular weight is 289 g/mol. The van der Waals surface area contributed by atoms with Gasteiger partial charge in [0.25, 0.3) is 0 Å². The second-order valence-electron chi connectivity index (χ2n) is 4.52. The van der Waals surface area contributed by atoms with E-state index in [1.165, 1.54) is 6.92 Å². The standard InChI is InChI=1S/C6H9NO5.C5H9NO2/c1-2(8)6(7)4(10)3(9)5(11)12-6;7-5(8)4-2-1-3-6-4/h2,8-10H,7H2,1H3;4,6H,1-3H2,(H,7,8)/p-1/t2-,6+;4-/m00/s1. The highest BCUT2D eigenvalue weighted by Crippen LogP contribution is 2.26. The van der Waals surface area contributed by atoms with Gasteiger partial charge < -0.3 is 30.5 Å². The van der Waals surface area contributed by atoms with Gasteiger partial charge in [0, 0.05) is 5.76 Å². The van der Waals surface area contributed by atoms with Crippen molar-refractivity contribution in [3.63, 3.8) is 0 Å². The highest BCUT2D eigenvalue weighted by molar-refractivity contribution is 5.89. The molecule has 6 N–H and O–H groups in total. The number of cyclic esters (lactones) is 1. The van der Waals surface area contributed by atoms with Gasteiger partial charge in [0.15, 0.2) is 5.76 Å². The van der Waals surface area contributed by atoms with Crippen molar-refractivity contribution in [1.29, 1.82) is 0 Å². The molecule has 0 radical (unpaired) electrons. The summed E-state index contributed by atoms with van der Waals surface area (Å²) in [5.74, 6) is -4.14. The molecule has 0 aromatic rings. The summed E-state index contributed by atoms with van der Waals surface area (Å²) < 4.78 is 4.29. The Kier molecular flexibility index (Phi) is 4.93. The Morgan fingerprint density at radius 1 is 1.65 bits per heavy atom. The molecule has 0 bridgehead atoms. The van der Waals surface area contributed by atoms with Crippen LogP contribution in [0.2, 0.25) is 0 Å². The molecule has 9 nitrogen and oxygen atoms in total. The molecule has 0 unspecified atom stereocenters. The molecule has 2 aliphatic rings. The van der Waals surface area contributed by atoms with Crippen LogP contribution in [0.25, 0.3) is 0 Å². The number of hydrogen-bond donors (Lipinski definition) is 5. The van der Waals surface area contributed by atoms with Crippen LogP contribution in [0.1, 0.15) is 19.8 Å². The van der Waals surface area contributed by atoms with Gasteiger partial charge in [-0.05, 0) is 26.3 Å². The Labute approximate surface area is 114 Å². The number of carbonyl (C=O) groups is 2. The third kappa shape index (κ3) is 3.18. The van der Waals surface area contributed by atoms with Gasteiger partial charge >= 0.3 is 11.9 Å². The van der Waals surface area contributed by atoms with E-state index in [0.717, 1.165) is 19.4 Å². The molecule has 2 rings (SSSR count). The number of carbonyl (C=O) groups excluding carboxylic acids is 1. The van der Waals surface area contributed by atoms with Crippen LogP contribution in [0.5, 0.6) is 0 Å². The van der Waals surface area contributed by atoms with Gasteiger partial charge in [-0.2, -0.15) is 0 Å². The predicted octanol–water partition coefficient (Wildman–Crippen LogP) is -2.47. The van der Waals surface area contributed by atoms with Crippen molar-refractivity contribution in [2.24, 2.45) is 5.73 Å². The second-order valence-corrected chi connectivity index (χ2v) is 4.52. The van der Waals surface area contributed by atoms with Crippen LogP contribution in [-0.4, -0.2) is 51.7 Å². The summed E-state index contributed by atoms with van der Waals surface area (Å²) >= 11 is 0.